The molecule has 0 bridgehead atoms. The van der Waals surface area contributed by atoms with E-state index < -0.39 is 0 Å². The summed E-state index contributed by atoms with van der Waals surface area (Å²) in [6.07, 6.45) is 3.10. The Morgan fingerprint density at radius 2 is 1.65 bits per heavy atom. The number of allylic oxidation sites excluding steroid dienone is 1. The van der Waals surface area contributed by atoms with Crippen molar-refractivity contribution in [1.82, 2.24) is 0 Å². The molecular weight excluding hydrogens is 464 g/mol. The van der Waals surface area contributed by atoms with E-state index in [1.54, 1.807) is 14.2 Å². The predicted octanol–water partition coefficient (Wildman–Crippen LogP) is 6.86. The molecule has 0 amide bonds. The molecule has 2 N–H and O–H groups in total. The summed E-state index contributed by atoms with van der Waals surface area (Å²) in [5.41, 5.74) is 5.54. The maximum absolute atomic E-state index is 14.0. The summed E-state index contributed by atoms with van der Waals surface area (Å²) in [6.45, 7) is 2.79. The lowest BCUT2D eigenvalue weighted by atomic mass is 9.78. The molecule has 2 aliphatic rings. The molecule has 0 aromatic heterocycles. The number of para-hydroxylation sites is 3. The van der Waals surface area contributed by atoms with Crippen molar-refractivity contribution < 1.29 is 19.0 Å². The van der Waals surface area contributed by atoms with Gasteiger partial charge in [0.1, 0.15) is 17.2 Å². The van der Waals surface area contributed by atoms with Crippen molar-refractivity contribution in [2.75, 3.05) is 31.5 Å². The first-order chi connectivity index (χ1) is 18.1. The van der Waals surface area contributed by atoms with Gasteiger partial charge in [-0.05, 0) is 49.2 Å². The Morgan fingerprint density at radius 3 is 2.43 bits per heavy atom. The van der Waals surface area contributed by atoms with Crippen LogP contribution in [0.4, 0.5) is 11.4 Å². The Labute approximate surface area is 218 Å². The third kappa shape index (κ3) is 5.01. The molecule has 1 heterocycles. The van der Waals surface area contributed by atoms with Crippen molar-refractivity contribution in [1.29, 1.82) is 0 Å². The molecule has 0 radical (unpaired) electrons. The van der Waals surface area contributed by atoms with Gasteiger partial charge >= 0.3 is 0 Å². The van der Waals surface area contributed by atoms with Crippen molar-refractivity contribution in [3.63, 3.8) is 0 Å². The molecular formula is C31H34N2O4. The fraction of sp³-hybridized carbons (Fsp3) is 0.323. The number of ether oxygens (including phenoxy) is 3. The highest BCUT2D eigenvalue weighted by Crippen LogP contribution is 2.47. The fourth-order valence-electron chi connectivity index (χ4n) is 5.28. The van der Waals surface area contributed by atoms with Gasteiger partial charge in [-0.25, -0.2) is 0 Å². The van der Waals surface area contributed by atoms with Gasteiger partial charge in [0.25, 0.3) is 0 Å². The van der Waals surface area contributed by atoms with Crippen LogP contribution in [0, 0.1) is 0 Å². The summed E-state index contributed by atoms with van der Waals surface area (Å²) in [4.78, 5) is 14.0. The summed E-state index contributed by atoms with van der Waals surface area (Å²) in [5.74, 6) is 2.40. The molecule has 0 saturated carbocycles. The zero-order valence-corrected chi connectivity index (χ0v) is 21.7. The maximum atomic E-state index is 14.0. The molecule has 2 unspecified atom stereocenters. The van der Waals surface area contributed by atoms with Crippen LogP contribution >= 0.6 is 0 Å². The van der Waals surface area contributed by atoms with E-state index in [0.29, 0.717) is 19.4 Å². The molecule has 0 fully saturated rings. The lowest BCUT2D eigenvalue weighted by molar-refractivity contribution is -0.116. The number of hydrogen-bond acceptors (Lipinski definition) is 6. The zero-order chi connectivity index (χ0) is 25.8. The number of rotatable bonds is 8. The van der Waals surface area contributed by atoms with Crippen LogP contribution in [0.3, 0.4) is 0 Å². The number of ketones is 1. The lowest BCUT2D eigenvalue weighted by Crippen LogP contribution is -2.27. The monoisotopic (exact) mass is 498 g/mol. The largest absolute Gasteiger partial charge is 0.497 e. The van der Waals surface area contributed by atoms with Crippen molar-refractivity contribution in [2.45, 2.75) is 44.6 Å². The maximum Gasteiger partial charge on any atom is 0.163 e. The van der Waals surface area contributed by atoms with E-state index in [9.17, 15) is 4.79 Å². The first-order valence-corrected chi connectivity index (χ1v) is 12.9. The molecule has 6 nitrogen and oxygen atoms in total. The summed E-state index contributed by atoms with van der Waals surface area (Å²) < 4.78 is 17.3. The second-order valence-electron chi connectivity index (χ2n) is 9.52. The Balaban J connectivity index is 1.59. The van der Waals surface area contributed by atoms with E-state index in [-0.39, 0.29) is 17.7 Å². The molecule has 6 heteroatoms. The van der Waals surface area contributed by atoms with Gasteiger partial charge in [0.15, 0.2) is 5.78 Å². The highest BCUT2D eigenvalue weighted by Gasteiger charge is 2.37. The van der Waals surface area contributed by atoms with Crippen molar-refractivity contribution in [3.05, 3.63) is 89.1 Å². The Morgan fingerprint density at radius 1 is 0.865 bits per heavy atom. The van der Waals surface area contributed by atoms with E-state index >= 15 is 0 Å². The Bertz CT molecular complexity index is 1320. The predicted molar refractivity (Wildman–Crippen MR) is 147 cm³/mol. The number of carbonyl (C=O) groups excluding carboxylic acids is 1. The fourth-order valence-corrected chi connectivity index (χ4v) is 5.28. The third-order valence-corrected chi connectivity index (χ3v) is 7.17. The van der Waals surface area contributed by atoms with E-state index in [0.717, 1.165) is 63.9 Å². The third-order valence-electron chi connectivity index (χ3n) is 7.17. The van der Waals surface area contributed by atoms with Gasteiger partial charge in [0.2, 0.25) is 0 Å². The van der Waals surface area contributed by atoms with Gasteiger partial charge in [-0.15, -0.1) is 0 Å². The molecule has 1 aliphatic heterocycles. The summed E-state index contributed by atoms with van der Waals surface area (Å²) in [7, 11) is 3.31. The molecule has 3 aromatic carbocycles. The van der Waals surface area contributed by atoms with Crippen LogP contribution < -0.4 is 24.8 Å². The smallest absolute Gasteiger partial charge is 0.163 e. The van der Waals surface area contributed by atoms with Crippen LogP contribution in [-0.4, -0.2) is 26.6 Å². The van der Waals surface area contributed by atoms with Crippen LogP contribution in [0.5, 0.6) is 17.2 Å². The second kappa shape index (κ2) is 11.0. The SMILES string of the molecule is CCCCOc1ccccc1C1Nc2ccccc2NC2=C1C(=O)CC(c1cc(OC)ccc1OC)C2. The van der Waals surface area contributed by atoms with Gasteiger partial charge in [-0.2, -0.15) is 0 Å². The second-order valence-corrected chi connectivity index (χ2v) is 9.52. The molecule has 37 heavy (non-hydrogen) atoms. The first-order valence-electron chi connectivity index (χ1n) is 12.9. The Hall–Kier alpha value is -3.93. The number of hydrogen-bond donors (Lipinski definition) is 2. The minimum Gasteiger partial charge on any atom is -0.497 e. The normalized spacial score (nSPS) is 18.6. The number of nitrogens with one attached hydrogen (secondary N) is 2. The first kappa shape index (κ1) is 24.8. The molecule has 5 rings (SSSR count). The van der Waals surface area contributed by atoms with E-state index in [4.69, 9.17) is 14.2 Å². The van der Waals surface area contributed by atoms with Crippen LogP contribution in [0.2, 0.25) is 0 Å². The number of anilines is 2. The van der Waals surface area contributed by atoms with Crippen molar-refractivity contribution >= 4 is 17.2 Å². The average molecular weight is 499 g/mol. The summed E-state index contributed by atoms with van der Waals surface area (Å²) in [6, 6.07) is 21.6. The number of unbranched alkanes of at least 4 members (excludes halogenated alkanes) is 1. The van der Waals surface area contributed by atoms with Crippen LogP contribution in [0.1, 0.15) is 55.7 Å². The van der Waals surface area contributed by atoms with Gasteiger partial charge in [0, 0.05) is 34.7 Å². The van der Waals surface area contributed by atoms with Crippen molar-refractivity contribution in [2.24, 2.45) is 0 Å². The van der Waals surface area contributed by atoms with Gasteiger partial charge < -0.3 is 24.8 Å². The van der Waals surface area contributed by atoms with E-state index in [2.05, 4.69) is 23.6 Å². The number of benzene rings is 3. The Kier molecular flexibility index (Phi) is 7.35. The number of methoxy groups -OCH3 is 2. The number of carbonyl (C=O) groups is 1. The molecule has 1 aliphatic carbocycles. The van der Waals surface area contributed by atoms with Crippen LogP contribution in [-0.2, 0) is 4.79 Å². The highest BCUT2D eigenvalue weighted by molar-refractivity contribution is 6.01. The number of Topliss-reactive ketones (excluding diaryl/α,β-unsaturated/α-hetero) is 1. The minimum absolute atomic E-state index is 0.0363. The highest BCUT2D eigenvalue weighted by atomic mass is 16.5. The lowest BCUT2D eigenvalue weighted by Gasteiger charge is -2.31. The van der Waals surface area contributed by atoms with E-state index in [1.807, 2.05) is 60.7 Å². The van der Waals surface area contributed by atoms with Crippen LogP contribution in [0.15, 0.2) is 78.0 Å². The summed E-state index contributed by atoms with van der Waals surface area (Å²) in [5, 5.41) is 7.28. The van der Waals surface area contributed by atoms with Crippen molar-refractivity contribution in [3.8, 4) is 17.2 Å². The van der Waals surface area contributed by atoms with Gasteiger partial charge in [-0.3, -0.25) is 4.79 Å². The van der Waals surface area contributed by atoms with Gasteiger partial charge in [0.05, 0.1) is 38.2 Å². The quantitative estimate of drug-likeness (QED) is 0.331. The van der Waals surface area contributed by atoms with Gasteiger partial charge in [-0.1, -0.05) is 43.7 Å². The molecule has 0 spiro atoms. The van der Waals surface area contributed by atoms with Crippen LogP contribution in [0.25, 0.3) is 0 Å². The molecule has 3 aromatic rings. The zero-order valence-electron chi connectivity index (χ0n) is 21.7. The molecule has 2 atom stereocenters. The van der Waals surface area contributed by atoms with E-state index in [1.165, 1.54) is 0 Å². The topological polar surface area (TPSA) is 68.8 Å². The summed E-state index contributed by atoms with van der Waals surface area (Å²) >= 11 is 0. The average Bonchev–Trinajstić information content (AvgIpc) is 3.10. The molecule has 0 saturated heterocycles. The molecule has 192 valence electrons. The standard InChI is InChI=1S/C31H34N2O4/c1-4-5-16-37-29-13-9-6-10-22(29)31-30-26(32-24-11-7-8-12-25(24)33-31)17-20(18-27(30)34)23-19-21(35-2)14-15-28(23)36-3/h6-15,19-20,31-33H,4-5,16-18H2,1-3H3. The minimum atomic E-state index is -0.329. The number of fused-ring (bicyclic) bond motifs is 1.